The van der Waals surface area contributed by atoms with E-state index >= 15 is 0 Å². The zero-order chi connectivity index (χ0) is 13.3. The predicted octanol–water partition coefficient (Wildman–Crippen LogP) is 2.88. The Bertz CT molecular complexity index is 590. The lowest BCUT2D eigenvalue weighted by Crippen LogP contribution is -2.17. The molecule has 1 heterocycles. The fourth-order valence-electron chi connectivity index (χ4n) is 1.58. The Balaban J connectivity index is 2.30. The average molecular weight is 312 g/mol. The van der Waals surface area contributed by atoms with Crippen LogP contribution in [-0.4, -0.2) is 15.7 Å². The lowest BCUT2D eigenvalue weighted by molar-refractivity contribution is 0.101. The molecule has 0 saturated carbocycles. The largest absolute Gasteiger partial charge is 0.318 e. The van der Waals surface area contributed by atoms with Gasteiger partial charge in [-0.2, -0.15) is 5.10 Å². The lowest BCUT2D eigenvalue weighted by atomic mass is 10.2. The quantitative estimate of drug-likeness (QED) is 0.927. The molecule has 0 aliphatic heterocycles. The fraction of sp³-hybridized carbons (Fsp3) is 0.167. The molecular weight excluding hydrogens is 301 g/mol. The number of carbonyl (C=O) groups is 1. The van der Waals surface area contributed by atoms with Crippen molar-refractivity contribution < 1.29 is 9.18 Å². The molecule has 2 rings (SSSR count). The molecule has 0 fully saturated rings. The number of nitrogens with zero attached hydrogens (tertiary/aromatic N) is 2. The van der Waals surface area contributed by atoms with Gasteiger partial charge in [-0.3, -0.25) is 9.48 Å². The zero-order valence-corrected chi connectivity index (χ0v) is 11.5. The van der Waals surface area contributed by atoms with E-state index in [9.17, 15) is 9.18 Å². The summed E-state index contributed by atoms with van der Waals surface area (Å²) in [5, 5.41) is 6.46. The molecule has 1 amide bonds. The number of rotatable bonds is 2. The maximum absolute atomic E-state index is 13.5. The van der Waals surface area contributed by atoms with Crippen molar-refractivity contribution in [3.8, 4) is 0 Å². The van der Waals surface area contributed by atoms with E-state index in [0.29, 0.717) is 10.2 Å². The highest BCUT2D eigenvalue weighted by atomic mass is 79.9. The van der Waals surface area contributed by atoms with E-state index in [1.165, 1.54) is 16.9 Å². The molecule has 1 aromatic carbocycles. The van der Waals surface area contributed by atoms with Crippen LogP contribution < -0.4 is 5.32 Å². The van der Waals surface area contributed by atoms with Crippen LogP contribution in [0.25, 0.3) is 0 Å². The third kappa shape index (κ3) is 2.43. The van der Waals surface area contributed by atoms with E-state index in [1.54, 1.807) is 19.2 Å². The molecule has 0 radical (unpaired) electrons. The van der Waals surface area contributed by atoms with E-state index in [2.05, 4.69) is 26.3 Å². The summed E-state index contributed by atoms with van der Waals surface area (Å²) in [6.07, 6.45) is 1.52. The van der Waals surface area contributed by atoms with Gasteiger partial charge >= 0.3 is 0 Å². The Morgan fingerprint density at radius 3 is 2.83 bits per heavy atom. The zero-order valence-electron chi connectivity index (χ0n) is 9.87. The second-order valence-electron chi connectivity index (χ2n) is 3.90. The van der Waals surface area contributed by atoms with Gasteiger partial charge in [0.05, 0.1) is 16.4 Å². The van der Waals surface area contributed by atoms with Gasteiger partial charge in [0.2, 0.25) is 0 Å². The SMILES string of the molecule is Cc1ccc(F)c(NC(=O)c2c(Br)cnn2C)c1. The van der Waals surface area contributed by atoms with Crippen LogP contribution in [0, 0.1) is 12.7 Å². The van der Waals surface area contributed by atoms with Gasteiger partial charge in [0.15, 0.2) is 0 Å². The molecule has 0 bridgehead atoms. The molecule has 1 N–H and O–H groups in total. The van der Waals surface area contributed by atoms with Crippen LogP contribution in [0.1, 0.15) is 16.1 Å². The molecule has 0 spiro atoms. The molecule has 0 aliphatic carbocycles. The molecule has 0 unspecified atom stereocenters. The maximum atomic E-state index is 13.5. The van der Waals surface area contributed by atoms with E-state index in [-0.39, 0.29) is 5.69 Å². The van der Waals surface area contributed by atoms with E-state index in [1.807, 2.05) is 6.92 Å². The van der Waals surface area contributed by atoms with Crippen molar-refractivity contribution in [2.45, 2.75) is 6.92 Å². The Hall–Kier alpha value is -1.69. The molecule has 2 aromatic rings. The highest BCUT2D eigenvalue weighted by molar-refractivity contribution is 9.10. The molecule has 0 saturated heterocycles. The predicted molar refractivity (Wildman–Crippen MR) is 70.0 cm³/mol. The molecule has 4 nitrogen and oxygen atoms in total. The van der Waals surface area contributed by atoms with Crippen molar-refractivity contribution in [1.29, 1.82) is 0 Å². The van der Waals surface area contributed by atoms with Gasteiger partial charge in [-0.25, -0.2) is 4.39 Å². The smallest absolute Gasteiger partial charge is 0.275 e. The van der Waals surface area contributed by atoms with Crippen molar-refractivity contribution in [2.24, 2.45) is 7.05 Å². The van der Waals surface area contributed by atoms with E-state index < -0.39 is 11.7 Å². The highest BCUT2D eigenvalue weighted by Crippen LogP contribution is 2.19. The molecule has 18 heavy (non-hydrogen) atoms. The number of anilines is 1. The molecule has 0 aliphatic rings. The summed E-state index contributed by atoms with van der Waals surface area (Å²) in [7, 11) is 1.65. The van der Waals surface area contributed by atoms with Crippen LogP contribution in [0.2, 0.25) is 0 Å². The first-order valence-electron chi connectivity index (χ1n) is 5.24. The van der Waals surface area contributed by atoms with Gasteiger partial charge in [-0.15, -0.1) is 0 Å². The summed E-state index contributed by atoms with van der Waals surface area (Å²) < 4.78 is 15.5. The molecule has 94 valence electrons. The maximum Gasteiger partial charge on any atom is 0.275 e. The van der Waals surface area contributed by atoms with Crippen molar-refractivity contribution in [3.05, 3.63) is 45.9 Å². The van der Waals surface area contributed by atoms with Gasteiger partial charge < -0.3 is 5.32 Å². The Morgan fingerprint density at radius 1 is 1.50 bits per heavy atom. The first-order valence-corrected chi connectivity index (χ1v) is 6.03. The van der Waals surface area contributed by atoms with Gasteiger partial charge in [0, 0.05) is 7.05 Å². The number of nitrogens with one attached hydrogen (secondary N) is 1. The third-order valence-electron chi connectivity index (χ3n) is 2.48. The summed E-state index contributed by atoms with van der Waals surface area (Å²) in [5.74, 6) is -0.876. The Kier molecular flexibility index (Phi) is 3.47. The second kappa shape index (κ2) is 4.89. The minimum absolute atomic E-state index is 0.160. The summed E-state index contributed by atoms with van der Waals surface area (Å²) in [6, 6.07) is 4.55. The van der Waals surface area contributed by atoms with E-state index in [4.69, 9.17) is 0 Å². The van der Waals surface area contributed by atoms with Crippen molar-refractivity contribution in [1.82, 2.24) is 9.78 Å². The monoisotopic (exact) mass is 311 g/mol. The van der Waals surface area contributed by atoms with Gasteiger partial charge in [-0.1, -0.05) is 6.07 Å². The highest BCUT2D eigenvalue weighted by Gasteiger charge is 2.16. The first kappa shape index (κ1) is 12.8. The van der Waals surface area contributed by atoms with Crippen LogP contribution in [0.5, 0.6) is 0 Å². The van der Waals surface area contributed by atoms with Crippen LogP contribution in [0.3, 0.4) is 0 Å². The summed E-state index contributed by atoms with van der Waals surface area (Å²) in [5.41, 5.74) is 1.37. The second-order valence-corrected chi connectivity index (χ2v) is 4.76. The molecule has 6 heteroatoms. The number of aromatic nitrogens is 2. The van der Waals surface area contributed by atoms with Gasteiger partial charge in [-0.05, 0) is 40.5 Å². The minimum atomic E-state index is -0.466. The first-order chi connectivity index (χ1) is 8.49. The number of amides is 1. The van der Waals surface area contributed by atoms with Crippen LogP contribution in [-0.2, 0) is 7.05 Å². The number of hydrogen-bond donors (Lipinski definition) is 1. The average Bonchev–Trinajstić information content (AvgIpc) is 2.63. The number of carbonyl (C=O) groups excluding carboxylic acids is 1. The summed E-state index contributed by atoms with van der Waals surface area (Å²) >= 11 is 3.23. The third-order valence-corrected chi connectivity index (χ3v) is 3.06. The molecule has 1 aromatic heterocycles. The van der Waals surface area contributed by atoms with Crippen LogP contribution in [0.15, 0.2) is 28.9 Å². The number of hydrogen-bond acceptors (Lipinski definition) is 2. The van der Waals surface area contributed by atoms with Crippen LogP contribution >= 0.6 is 15.9 Å². The fourth-order valence-corrected chi connectivity index (χ4v) is 2.11. The Labute approximate surface area is 112 Å². The normalized spacial score (nSPS) is 10.4. The summed E-state index contributed by atoms with van der Waals surface area (Å²) in [4.78, 5) is 12.0. The molecule has 0 atom stereocenters. The summed E-state index contributed by atoms with van der Waals surface area (Å²) in [6.45, 7) is 1.83. The van der Waals surface area contributed by atoms with Gasteiger partial charge in [0.25, 0.3) is 5.91 Å². The number of benzene rings is 1. The Morgan fingerprint density at radius 2 is 2.22 bits per heavy atom. The van der Waals surface area contributed by atoms with Crippen molar-refractivity contribution in [2.75, 3.05) is 5.32 Å². The minimum Gasteiger partial charge on any atom is -0.318 e. The topological polar surface area (TPSA) is 46.9 Å². The standard InChI is InChI=1S/C12H11BrFN3O/c1-7-3-4-9(14)10(5-7)16-12(18)11-8(13)6-15-17(11)2/h3-6H,1-2H3,(H,16,18). The van der Waals surface area contributed by atoms with Gasteiger partial charge in [0.1, 0.15) is 11.5 Å². The van der Waals surface area contributed by atoms with Crippen molar-refractivity contribution >= 4 is 27.5 Å². The van der Waals surface area contributed by atoms with Crippen LogP contribution in [0.4, 0.5) is 10.1 Å². The van der Waals surface area contributed by atoms with E-state index in [0.717, 1.165) is 5.56 Å². The van der Waals surface area contributed by atoms with Crippen molar-refractivity contribution in [3.63, 3.8) is 0 Å². The molecular formula is C12H11BrFN3O. The number of aryl methyl sites for hydroxylation is 2. The number of halogens is 2. The lowest BCUT2D eigenvalue weighted by Gasteiger charge is -2.08.